The molecule has 1 aliphatic heterocycles. The maximum absolute atomic E-state index is 4.64. The van der Waals surface area contributed by atoms with Crippen LogP contribution in [-0.4, -0.2) is 36.6 Å². The SMILES string of the molecule is c1ccc(-c2cc(CN3CCc4[nH]cnc4C34CCC4)[nH]n2)nc1. The molecule has 122 valence electrons. The number of hydrogen-bond donors (Lipinski definition) is 2. The molecule has 3 aromatic rings. The summed E-state index contributed by atoms with van der Waals surface area (Å²) in [5, 5.41) is 7.64. The lowest BCUT2D eigenvalue weighted by Crippen LogP contribution is -2.54. The highest BCUT2D eigenvalue weighted by Crippen LogP contribution is 2.49. The lowest BCUT2D eigenvalue weighted by molar-refractivity contribution is -0.00923. The Hall–Kier alpha value is -2.47. The molecule has 2 aliphatic rings. The first-order valence-electron chi connectivity index (χ1n) is 8.59. The first-order valence-corrected chi connectivity index (χ1v) is 8.59. The van der Waals surface area contributed by atoms with Crippen LogP contribution in [0.15, 0.2) is 36.8 Å². The van der Waals surface area contributed by atoms with Gasteiger partial charge in [0.15, 0.2) is 0 Å². The van der Waals surface area contributed by atoms with E-state index in [0.717, 1.165) is 36.6 Å². The second-order valence-electron chi connectivity index (χ2n) is 6.78. The smallest absolute Gasteiger partial charge is 0.111 e. The molecule has 2 N–H and O–H groups in total. The zero-order chi connectivity index (χ0) is 16.0. The third-order valence-electron chi connectivity index (χ3n) is 5.50. The van der Waals surface area contributed by atoms with Crippen molar-refractivity contribution in [3.8, 4) is 11.4 Å². The summed E-state index contributed by atoms with van der Waals surface area (Å²) in [6, 6.07) is 8.02. The highest BCUT2D eigenvalue weighted by Gasteiger charge is 2.48. The van der Waals surface area contributed by atoms with Gasteiger partial charge in [0.25, 0.3) is 0 Å². The van der Waals surface area contributed by atoms with Gasteiger partial charge in [-0.2, -0.15) is 5.10 Å². The van der Waals surface area contributed by atoms with Crippen molar-refractivity contribution in [1.82, 2.24) is 30.0 Å². The number of H-pyrrole nitrogens is 2. The minimum Gasteiger partial charge on any atom is -0.348 e. The van der Waals surface area contributed by atoms with Crippen molar-refractivity contribution in [2.75, 3.05) is 6.54 Å². The summed E-state index contributed by atoms with van der Waals surface area (Å²) < 4.78 is 0. The Morgan fingerprint density at radius 3 is 2.92 bits per heavy atom. The summed E-state index contributed by atoms with van der Waals surface area (Å²) in [6.07, 6.45) is 8.38. The number of hydrogen-bond acceptors (Lipinski definition) is 4. The summed E-state index contributed by atoms with van der Waals surface area (Å²) in [4.78, 5) is 14.9. The number of fused-ring (bicyclic) bond motifs is 2. The standard InChI is InChI=1S/C18H20N6/c1-2-8-19-14(4-1)16-10-13(22-23-16)11-24-9-5-15-17(21-12-20-15)18(24)6-3-7-18/h1-2,4,8,10,12H,3,5-7,9,11H2,(H,20,21)(H,22,23). The van der Waals surface area contributed by atoms with Crippen LogP contribution in [0.3, 0.4) is 0 Å². The summed E-state index contributed by atoms with van der Waals surface area (Å²) >= 11 is 0. The molecule has 1 spiro atoms. The van der Waals surface area contributed by atoms with Gasteiger partial charge in [-0.3, -0.25) is 15.0 Å². The zero-order valence-corrected chi connectivity index (χ0v) is 13.5. The molecule has 1 aliphatic carbocycles. The van der Waals surface area contributed by atoms with Gasteiger partial charge in [0, 0.05) is 37.1 Å². The molecule has 4 heterocycles. The second-order valence-corrected chi connectivity index (χ2v) is 6.78. The fourth-order valence-electron chi connectivity index (χ4n) is 4.11. The molecule has 0 bridgehead atoms. The molecular weight excluding hydrogens is 300 g/mol. The Labute approximate surface area is 140 Å². The van der Waals surface area contributed by atoms with Crippen molar-refractivity contribution < 1.29 is 0 Å². The first-order chi connectivity index (χ1) is 11.9. The van der Waals surface area contributed by atoms with Crippen LogP contribution in [0.1, 0.15) is 36.3 Å². The van der Waals surface area contributed by atoms with Gasteiger partial charge in [0.2, 0.25) is 0 Å². The van der Waals surface area contributed by atoms with Crippen molar-refractivity contribution in [1.29, 1.82) is 0 Å². The van der Waals surface area contributed by atoms with Crippen LogP contribution in [0.2, 0.25) is 0 Å². The highest BCUT2D eigenvalue weighted by atomic mass is 15.3. The molecule has 0 amide bonds. The van der Waals surface area contributed by atoms with Gasteiger partial charge in [-0.1, -0.05) is 6.07 Å². The van der Waals surface area contributed by atoms with Gasteiger partial charge >= 0.3 is 0 Å². The Balaban J connectivity index is 1.42. The van der Waals surface area contributed by atoms with Gasteiger partial charge in [-0.15, -0.1) is 0 Å². The Morgan fingerprint density at radius 1 is 1.17 bits per heavy atom. The maximum Gasteiger partial charge on any atom is 0.111 e. The molecule has 1 saturated carbocycles. The molecular formula is C18H20N6. The molecule has 24 heavy (non-hydrogen) atoms. The third-order valence-corrected chi connectivity index (χ3v) is 5.50. The molecule has 0 atom stereocenters. The van der Waals surface area contributed by atoms with Crippen molar-refractivity contribution in [3.63, 3.8) is 0 Å². The van der Waals surface area contributed by atoms with Crippen molar-refractivity contribution in [2.45, 2.75) is 37.8 Å². The fourth-order valence-corrected chi connectivity index (χ4v) is 4.11. The van der Waals surface area contributed by atoms with E-state index in [4.69, 9.17) is 0 Å². The Bertz CT molecular complexity index is 845. The molecule has 6 nitrogen and oxygen atoms in total. The predicted octanol–water partition coefficient (Wildman–Crippen LogP) is 2.63. The summed E-state index contributed by atoms with van der Waals surface area (Å²) in [5.41, 5.74) is 5.68. The zero-order valence-electron chi connectivity index (χ0n) is 13.5. The molecule has 6 heteroatoms. The van der Waals surface area contributed by atoms with Crippen molar-refractivity contribution >= 4 is 0 Å². The average molecular weight is 320 g/mol. The fraction of sp³-hybridized carbons (Fsp3) is 0.389. The van der Waals surface area contributed by atoms with Crippen molar-refractivity contribution in [3.05, 3.63) is 53.9 Å². The van der Waals surface area contributed by atoms with E-state index >= 15 is 0 Å². The molecule has 0 aromatic carbocycles. The predicted molar refractivity (Wildman–Crippen MR) is 90.0 cm³/mol. The molecule has 0 unspecified atom stereocenters. The van der Waals surface area contributed by atoms with Gasteiger partial charge in [-0.25, -0.2) is 4.98 Å². The summed E-state index contributed by atoms with van der Waals surface area (Å²) in [6.45, 7) is 1.94. The molecule has 3 aromatic heterocycles. The van der Waals surface area contributed by atoms with Gasteiger partial charge in [-0.05, 0) is 37.5 Å². The van der Waals surface area contributed by atoms with E-state index in [2.05, 4.69) is 36.1 Å². The van der Waals surface area contributed by atoms with Gasteiger partial charge < -0.3 is 4.98 Å². The lowest BCUT2D eigenvalue weighted by Gasteiger charge is -2.52. The van der Waals surface area contributed by atoms with Gasteiger partial charge in [0.1, 0.15) is 5.69 Å². The van der Waals surface area contributed by atoms with Crippen LogP contribution >= 0.6 is 0 Å². The quantitative estimate of drug-likeness (QED) is 0.778. The molecule has 5 rings (SSSR count). The second kappa shape index (κ2) is 5.27. The Kier molecular flexibility index (Phi) is 3.06. The van der Waals surface area contributed by atoms with E-state index < -0.39 is 0 Å². The topological polar surface area (TPSA) is 73.5 Å². The normalized spacial score (nSPS) is 19.2. The van der Waals surface area contributed by atoms with Crippen molar-refractivity contribution in [2.24, 2.45) is 0 Å². The largest absolute Gasteiger partial charge is 0.348 e. The monoisotopic (exact) mass is 320 g/mol. The number of rotatable bonds is 3. The number of nitrogens with zero attached hydrogens (tertiary/aromatic N) is 4. The van der Waals surface area contributed by atoms with E-state index in [1.807, 2.05) is 24.5 Å². The van der Waals surface area contributed by atoms with E-state index in [1.165, 1.54) is 30.7 Å². The molecule has 1 fully saturated rings. The van der Waals surface area contributed by atoms with Gasteiger partial charge in [0.05, 0.1) is 23.3 Å². The summed E-state index contributed by atoms with van der Waals surface area (Å²) in [5.74, 6) is 0. The molecule has 0 radical (unpaired) electrons. The van der Waals surface area contributed by atoms with E-state index in [0.29, 0.717) is 0 Å². The highest BCUT2D eigenvalue weighted by molar-refractivity contribution is 5.53. The molecule has 0 saturated heterocycles. The van der Waals surface area contributed by atoms with E-state index in [-0.39, 0.29) is 5.54 Å². The minimum absolute atomic E-state index is 0.129. The average Bonchev–Trinajstić information content (AvgIpc) is 3.23. The van der Waals surface area contributed by atoms with Crippen LogP contribution < -0.4 is 0 Å². The number of imidazole rings is 1. The maximum atomic E-state index is 4.64. The number of aromatic amines is 2. The number of pyridine rings is 1. The van der Waals surface area contributed by atoms with E-state index in [1.54, 1.807) is 6.20 Å². The van der Waals surface area contributed by atoms with Crippen LogP contribution in [-0.2, 0) is 18.5 Å². The lowest BCUT2D eigenvalue weighted by atomic mass is 9.70. The Morgan fingerprint density at radius 2 is 2.12 bits per heavy atom. The third kappa shape index (κ3) is 2.03. The minimum atomic E-state index is 0.129. The van der Waals surface area contributed by atoms with Crippen LogP contribution in [0.4, 0.5) is 0 Å². The summed E-state index contributed by atoms with van der Waals surface area (Å²) in [7, 11) is 0. The number of nitrogens with one attached hydrogen (secondary N) is 2. The first kappa shape index (κ1) is 13.9. The van der Waals surface area contributed by atoms with Crippen LogP contribution in [0, 0.1) is 0 Å². The van der Waals surface area contributed by atoms with Crippen LogP contribution in [0.5, 0.6) is 0 Å². The number of aromatic nitrogens is 5. The van der Waals surface area contributed by atoms with Crippen LogP contribution in [0.25, 0.3) is 11.4 Å². The van der Waals surface area contributed by atoms with E-state index in [9.17, 15) is 0 Å².